The zero-order chi connectivity index (χ0) is 29.0. The minimum absolute atomic E-state index is 0.0964. The van der Waals surface area contributed by atoms with Gasteiger partial charge in [0, 0.05) is 19.5 Å². The molecule has 0 radical (unpaired) electrons. The van der Waals surface area contributed by atoms with Crippen molar-refractivity contribution < 1.29 is 33.8 Å². The van der Waals surface area contributed by atoms with Gasteiger partial charge in [-0.2, -0.15) is 0 Å². The molecule has 4 rings (SSSR count). The molecule has 1 aromatic carbocycles. The van der Waals surface area contributed by atoms with E-state index in [0.717, 1.165) is 0 Å². The molecule has 3 heterocycles. The van der Waals surface area contributed by atoms with Crippen LogP contribution in [0, 0.1) is 11.8 Å². The van der Waals surface area contributed by atoms with Gasteiger partial charge in [0.2, 0.25) is 11.8 Å². The maximum atomic E-state index is 14.2. The second kappa shape index (κ2) is 12.5. The van der Waals surface area contributed by atoms with Crippen LogP contribution < -0.4 is 10.2 Å². The van der Waals surface area contributed by atoms with E-state index < -0.39 is 53.5 Å². The van der Waals surface area contributed by atoms with Gasteiger partial charge in [-0.05, 0) is 38.3 Å². The van der Waals surface area contributed by atoms with Gasteiger partial charge in [-0.25, -0.2) is 0 Å². The van der Waals surface area contributed by atoms with Gasteiger partial charge in [-0.15, -0.1) is 13.2 Å². The number of carbonyl (C=O) groups is 4. The van der Waals surface area contributed by atoms with Crippen molar-refractivity contribution in [2.45, 2.75) is 56.5 Å². The summed E-state index contributed by atoms with van der Waals surface area (Å²) in [6.07, 6.45) is 3.68. The topological polar surface area (TPSA) is 125 Å². The fourth-order valence-corrected chi connectivity index (χ4v) is 6.44. The fourth-order valence-electron chi connectivity index (χ4n) is 6.20. The summed E-state index contributed by atoms with van der Waals surface area (Å²) in [4.78, 5) is 56.2. The second-order valence-electron chi connectivity index (χ2n) is 10.4. The molecule has 2 N–H and O–H groups in total. The third-order valence-electron chi connectivity index (χ3n) is 7.85. The number of benzene rings is 1. The van der Waals surface area contributed by atoms with E-state index in [1.165, 1.54) is 9.80 Å². The summed E-state index contributed by atoms with van der Waals surface area (Å²) < 4.78 is 12.0. The van der Waals surface area contributed by atoms with E-state index in [0.29, 0.717) is 30.0 Å². The Kier molecular flexibility index (Phi) is 9.33. The summed E-state index contributed by atoms with van der Waals surface area (Å²) in [7, 11) is 0. The molecular weight excluding hydrogens is 538 g/mol. The number of para-hydroxylation sites is 1. The first kappa shape index (κ1) is 29.8. The van der Waals surface area contributed by atoms with Gasteiger partial charge in [0.05, 0.1) is 41.8 Å². The highest BCUT2D eigenvalue weighted by Gasteiger charge is 2.75. The van der Waals surface area contributed by atoms with Crippen LogP contribution >= 0.6 is 11.6 Å². The fraction of sp³-hybridized carbons (Fsp3) is 0.517. The van der Waals surface area contributed by atoms with Gasteiger partial charge in [0.15, 0.2) is 0 Å². The molecule has 0 aliphatic carbocycles. The van der Waals surface area contributed by atoms with E-state index in [2.05, 4.69) is 18.5 Å². The molecule has 1 aromatic rings. The lowest BCUT2D eigenvalue weighted by Gasteiger charge is -2.36. The smallest absolute Gasteiger partial charge is 0.312 e. The molecule has 11 heteroatoms. The number of ether oxygens (including phenoxy) is 2. The van der Waals surface area contributed by atoms with Crippen LogP contribution in [0.5, 0.6) is 0 Å². The summed E-state index contributed by atoms with van der Waals surface area (Å²) in [6, 6.07) is 5.80. The number of fused-ring (bicyclic) bond motifs is 1. The van der Waals surface area contributed by atoms with E-state index in [4.69, 9.17) is 21.1 Å². The summed E-state index contributed by atoms with van der Waals surface area (Å²) in [5.74, 6) is -3.50. The van der Waals surface area contributed by atoms with E-state index in [1.807, 2.05) is 0 Å². The van der Waals surface area contributed by atoms with Crippen LogP contribution in [0.3, 0.4) is 0 Å². The molecule has 3 saturated heterocycles. The lowest BCUT2D eigenvalue weighted by molar-refractivity contribution is -0.159. The number of likely N-dealkylation sites (tertiary alicyclic amines) is 1. The minimum Gasteiger partial charge on any atom is -0.460 e. The van der Waals surface area contributed by atoms with Gasteiger partial charge < -0.3 is 29.7 Å². The van der Waals surface area contributed by atoms with E-state index in [9.17, 15) is 24.3 Å². The molecule has 1 spiro atoms. The molecule has 3 aliphatic rings. The third-order valence-corrected chi connectivity index (χ3v) is 8.17. The van der Waals surface area contributed by atoms with Crippen LogP contribution in [-0.2, 0) is 28.7 Å². The van der Waals surface area contributed by atoms with Crippen molar-refractivity contribution in [2.24, 2.45) is 11.8 Å². The Balaban J connectivity index is 1.58. The Morgan fingerprint density at radius 2 is 2.08 bits per heavy atom. The Hall–Kier alpha value is -3.21. The van der Waals surface area contributed by atoms with Crippen LogP contribution in [0.4, 0.5) is 5.69 Å². The number of nitrogens with zero attached hydrogens (tertiary/aromatic N) is 2. The first-order valence-corrected chi connectivity index (χ1v) is 13.9. The van der Waals surface area contributed by atoms with E-state index >= 15 is 0 Å². The average molecular weight is 574 g/mol. The van der Waals surface area contributed by atoms with Crippen LogP contribution in [-0.4, -0.2) is 83.8 Å². The molecule has 3 fully saturated rings. The van der Waals surface area contributed by atoms with Crippen molar-refractivity contribution in [1.82, 2.24) is 10.2 Å². The van der Waals surface area contributed by atoms with Crippen molar-refractivity contribution in [3.63, 3.8) is 0 Å². The number of hydrogen-bond acceptors (Lipinski definition) is 7. The monoisotopic (exact) mass is 573 g/mol. The molecule has 3 aliphatic heterocycles. The number of hydrogen-bond donors (Lipinski definition) is 2. The Morgan fingerprint density at radius 3 is 2.75 bits per heavy atom. The number of nitrogens with one attached hydrogen (secondary N) is 1. The molecule has 216 valence electrons. The zero-order valence-corrected chi connectivity index (χ0v) is 23.3. The van der Waals surface area contributed by atoms with Crippen molar-refractivity contribution in [3.05, 3.63) is 54.6 Å². The molecule has 0 unspecified atom stereocenters. The standard InChI is InChI=1S/C29H36ClN3O7/c1-4-6-11-22(35)31-17-18(3)39-28(38)23-21-12-13-29(40-21)24(23)26(36)33(15-16-34)25(29)27(37)32(14-5-2)20-10-8-7-9-19(20)30/h4-5,7-10,18,21,23-25,34H,1-2,6,11-17H2,3H3,(H,31,35)/t18-,21+,23-,24-,25+,29-/m0/s1. The summed E-state index contributed by atoms with van der Waals surface area (Å²) in [6.45, 7) is 8.81. The number of allylic oxidation sites excluding steroid dienone is 1. The number of halogens is 1. The first-order chi connectivity index (χ1) is 19.2. The predicted octanol–water partition coefficient (Wildman–Crippen LogP) is 2.24. The summed E-state index contributed by atoms with van der Waals surface area (Å²) in [5, 5.41) is 12.9. The van der Waals surface area contributed by atoms with Crippen molar-refractivity contribution in [1.29, 1.82) is 0 Å². The van der Waals surface area contributed by atoms with Crippen molar-refractivity contribution >= 4 is 41.0 Å². The van der Waals surface area contributed by atoms with Gasteiger partial charge >= 0.3 is 5.97 Å². The molecule has 0 saturated carbocycles. The van der Waals surface area contributed by atoms with Crippen molar-refractivity contribution in [2.75, 3.05) is 31.1 Å². The van der Waals surface area contributed by atoms with Gasteiger partial charge in [0.1, 0.15) is 17.7 Å². The number of β-amino-alcohol motifs (C(OH)–C–C–N with tert-alkyl or cyclic N) is 1. The Morgan fingerprint density at radius 1 is 1.32 bits per heavy atom. The van der Waals surface area contributed by atoms with Gasteiger partial charge in [0.25, 0.3) is 5.91 Å². The SMILES string of the molecule is C=CCCC(=O)NC[C@H](C)OC(=O)[C@@H]1[C@H]2C(=O)N(CCO)[C@H](C(=O)N(CC=C)c3ccccc3Cl)[C@]23CC[C@H]1O3. The highest BCUT2D eigenvalue weighted by Crippen LogP contribution is 2.59. The zero-order valence-electron chi connectivity index (χ0n) is 22.6. The number of anilines is 1. The van der Waals surface area contributed by atoms with Crippen molar-refractivity contribution in [3.8, 4) is 0 Å². The highest BCUT2D eigenvalue weighted by atomic mass is 35.5. The normalized spacial score (nSPS) is 27.2. The Bertz CT molecular complexity index is 1180. The number of amides is 3. The van der Waals surface area contributed by atoms with Crippen LogP contribution in [0.25, 0.3) is 0 Å². The average Bonchev–Trinajstić information content (AvgIpc) is 3.57. The largest absolute Gasteiger partial charge is 0.460 e. The Labute approximate surface area is 238 Å². The molecule has 0 aromatic heterocycles. The van der Waals surface area contributed by atoms with Gasteiger partial charge in [-0.1, -0.05) is 35.9 Å². The third kappa shape index (κ3) is 5.40. The first-order valence-electron chi connectivity index (χ1n) is 13.5. The quantitative estimate of drug-likeness (QED) is 0.274. The van der Waals surface area contributed by atoms with Gasteiger partial charge in [-0.3, -0.25) is 19.2 Å². The minimum atomic E-state index is -1.25. The van der Waals surface area contributed by atoms with Crippen LogP contribution in [0.15, 0.2) is 49.6 Å². The summed E-state index contributed by atoms with van der Waals surface area (Å²) in [5.41, 5.74) is -0.793. The molecule has 2 bridgehead atoms. The second-order valence-corrected chi connectivity index (χ2v) is 10.8. The van der Waals surface area contributed by atoms with E-state index in [1.54, 1.807) is 43.3 Å². The molecule has 3 amide bonds. The number of aliphatic hydroxyl groups is 1. The maximum absolute atomic E-state index is 14.2. The number of aliphatic hydroxyl groups excluding tert-OH is 1. The number of rotatable bonds is 13. The summed E-state index contributed by atoms with van der Waals surface area (Å²) >= 11 is 6.43. The molecular formula is C29H36ClN3O7. The lowest BCUT2D eigenvalue weighted by Crippen LogP contribution is -2.57. The highest BCUT2D eigenvalue weighted by molar-refractivity contribution is 6.34. The molecule has 10 nitrogen and oxygen atoms in total. The lowest BCUT2D eigenvalue weighted by atomic mass is 9.70. The van der Waals surface area contributed by atoms with E-state index in [-0.39, 0.29) is 38.6 Å². The molecule has 40 heavy (non-hydrogen) atoms. The molecule has 6 atom stereocenters. The van der Waals surface area contributed by atoms with Crippen LogP contribution in [0.1, 0.15) is 32.6 Å². The number of carbonyl (C=O) groups excluding carboxylic acids is 4. The maximum Gasteiger partial charge on any atom is 0.312 e. The predicted molar refractivity (Wildman–Crippen MR) is 148 cm³/mol. The number of esters is 1. The van der Waals surface area contributed by atoms with Crippen LogP contribution in [0.2, 0.25) is 5.02 Å².